The summed E-state index contributed by atoms with van der Waals surface area (Å²) in [6.45, 7) is 2.77. The van der Waals surface area contributed by atoms with Gasteiger partial charge >= 0.3 is 6.18 Å². The van der Waals surface area contributed by atoms with E-state index in [-0.39, 0.29) is 22.2 Å². The van der Waals surface area contributed by atoms with Crippen molar-refractivity contribution in [2.45, 2.75) is 24.9 Å². The van der Waals surface area contributed by atoms with Crippen LogP contribution in [0, 0.1) is 18.6 Å². The van der Waals surface area contributed by atoms with Crippen LogP contribution in [0.25, 0.3) is 0 Å². The number of anilines is 1. The van der Waals surface area contributed by atoms with E-state index in [2.05, 4.69) is 20.5 Å². The molecule has 0 fully saturated rings. The lowest BCUT2D eigenvalue weighted by Gasteiger charge is -2.17. The molecule has 3 rings (SSSR count). The van der Waals surface area contributed by atoms with E-state index in [0.717, 1.165) is 6.92 Å². The molecule has 0 radical (unpaired) electrons. The number of rotatable bonds is 6. The summed E-state index contributed by atoms with van der Waals surface area (Å²) in [5, 5.41) is 9.16. The number of nitrogens with zero attached hydrogens (tertiary/aromatic N) is 3. The van der Waals surface area contributed by atoms with Gasteiger partial charge in [0.15, 0.2) is 11.4 Å². The molecule has 34 heavy (non-hydrogen) atoms. The lowest BCUT2D eigenvalue weighted by molar-refractivity contribution is -0.142. The molecule has 2 N–H and O–H groups in total. The van der Waals surface area contributed by atoms with Crippen LogP contribution in [0.4, 0.5) is 18.9 Å². The fourth-order valence-corrected chi connectivity index (χ4v) is 3.66. The number of halogens is 3. The Morgan fingerprint density at radius 1 is 1.12 bits per heavy atom. The largest absolute Gasteiger partial charge is 0.478 e. The number of ether oxygens (including phenoxy) is 2. The molecule has 0 saturated heterocycles. The second-order valence-corrected chi connectivity index (χ2v) is 9.40. The Hall–Kier alpha value is -3.74. The topological polar surface area (TPSA) is 127 Å². The van der Waals surface area contributed by atoms with E-state index >= 15 is 0 Å². The molecule has 1 aromatic carbocycles. The Kier molecular flexibility index (Phi) is 6.77. The lowest BCUT2D eigenvalue weighted by Crippen LogP contribution is -2.21. The van der Waals surface area contributed by atoms with Gasteiger partial charge < -0.3 is 14.8 Å². The van der Waals surface area contributed by atoms with Crippen LogP contribution >= 0.6 is 0 Å². The molecule has 0 aliphatic rings. The van der Waals surface area contributed by atoms with Crippen LogP contribution in [0.1, 0.15) is 27.3 Å². The van der Waals surface area contributed by atoms with Crippen molar-refractivity contribution in [2.75, 3.05) is 18.7 Å². The molecule has 0 aliphatic heterocycles. The molecular weight excluding hydrogens is 475 g/mol. The molecule has 0 bridgehead atoms. The number of hydrogen-bond acceptors (Lipinski definition) is 8. The summed E-state index contributed by atoms with van der Waals surface area (Å²) in [5.74, 6) is -1.43. The van der Waals surface area contributed by atoms with Gasteiger partial charge in [0.1, 0.15) is 5.56 Å². The molecule has 2 aromatic heterocycles. The number of alkyl halides is 3. The van der Waals surface area contributed by atoms with E-state index in [0.29, 0.717) is 5.69 Å². The van der Waals surface area contributed by atoms with E-state index in [1.807, 2.05) is 0 Å². The van der Waals surface area contributed by atoms with Crippen molar-refractivity contribution in [2.24, 2.45) is 0 Å². The van der Waals surface area contributed by atoms with Crippen molar-refractivity contribution < 1.29 is 31.6 Å². The zero-order valence-electron chi connectivity index (χ0n) is 18.5. The van der Waals surface area contributed by atoms with Crippen LogP contribution in [-0.4, -0.2) is 38.7 Å². The third-order valence-electron chi connectivity index (χ3n) is 4.59. The van der Waals surface area contributed by atoms with E-state index in [1.165, 1.54) is 43.7 Å². The third-order valence-corrected chi connectivity index (χ3v) is 5.74. The van der Waals surface area contributed by atoms with Crippen molar-refractivity contribution in [3.63, 3.8) is 0 Å². The quantitative estimate of drug-likeness (QED) is 0.512. The van der Waals surface area contributed by atoms with Gasteiger partial charge in [-0.2, -0.15) is 13.2 Å². The SMILES string of the molecule is COc1nc(C)ccc1Oc1nnc(C(F)(F)F)c(C)c1C(=O)Nc1cccc(S(C)(=N)=O)c1. The van der Waals surface area contributed by atoms with Crippen LogP contribution in [0.2, 0.25) is 0 Å². The molecule has 3 aromatic rings. The highest BCUT2D eigenvalue weighted by molar-refractivity contribution is 7.91. The number of benzene rings is 1. The molecule has 1 unspecified atom stereocenters. The van der Waals surface area contributed by atoms with E-state index < -0.39 is 44.5 Å². The summed E-state index contributed by atoms with van der Waals surface area (Å²) in [6.07, 6.45) is -3.66. The van der Waals surface area contributed by atoms with Crippen molar-refractivity contribution in [1.82, 2.24) is 15.2 Å². The van der Waals surface area contributed by atoms with Gasteiger partial charge in [0, 0.05) is 22.5 Å². The molecule has 1 amide bonds. The Balaban J connectivity index is 2.09. The second-order valence-electron chi connectivity index (χ2n) is 7.24. The molecule has 13 heteroatoms. The summed E-state index contributed by atoms with van der Waals surface area (Å²) in [6, 6.07) is 8.69. The number of hydrogen-bond donors (Lipinski definition) is 2. The molecule has 0 saturated carbocycles. The standard InChI is InChI=1S/C21H20F3N5O4S/c1-11-8-9-15(19(26-11)32-3)33-20-16(12(2)17(28-29-20)21(22,23)24)18(30)27-13-6-5-7-14(10-13)34(4,25)31/h5-10,25H,1-4H3,(H,27,30). The van der Waals surface area contributed by atoms with E-state index in [9.17, 15) is 22.2 Å². The Labute approximate surface area is 193 Å². The molecular formula is C21H20F3N5O4S. The average Bonchev–Trinajstić information content (AvgIpc) is 2.73. The summed E-state index contributed by atoms with van der Waals surface area (Å²) < 4.78 is 70.9. The van der Waals surface area contributed by atoms with Gasteiger partial charge in [-0.1, -0.05) is 6.07 Å². The molecule has 9 nitrogen and oxygen atoms in total. The summed E-state index contributed by atoms with van der Waals surface area (Å²) in [5.41, 5.74) is -1.66. The van der Waals surface area contributed by atoms with Gasteiger partial charge in [-0.3, -0.25) is 4.79 Å². The van der Waals surface area contributed by atoms with Crippen molar-refractivity contribution in [1.29, 1.82) is 4.78 Å². The van der Waals surface area contributed by atoms with Crippen molar-refractivity contribution >= 4 is 21.3 Å². The molecule has 0 aliphatic carbocycles. The zero-order chi connectivity index (χ0) is 25.3. The fraction of sp³-hybridized carbons (Fsp3) is 0.238. The maximum atomic E-state index is 13.5. The van der Waals surface area contributed by atoms with Crippen molar-refractivity contribution in [3.8, 4) is 17.5 Å². The number of carbonyl (C=O) groups is 1. The van der Waals surface area contributed by atoms with E-state index in [1.54, 1.807) is 13.0 Å². The van der Waals surface area contributed by atoms with Gasteiger partial charge in [-0.15, -0.1) is 10.2 Å². The highest BCUT2D eigenvalue weighted by atomic mass is 32.2. The third kappa shape index (κ3) is 5.42. The van der Waals surface area contributed by atoms with Gasteiger partial charge in [-0.25, -0.2) is 14.0 Å². The highest BCUT2D eigenvalue weighted by Gasteiger charge is 2.38. The minimum atomic E-state index is -4.87. The molecule has 0 spiro atoms. The molecule has 180 valence electrons. The Morgan fingerprint density at radius 2 is 1.82 bits per heavy atom. The highest BCUT2D eigenvalue weighted by Crippen LogP contribution is 2.36. The minimum Gasteiger partial charge on any atom is -0.478 e. The Morgan fingerprint density at radius 3 is 2.44 bits per heavy atom. The van der Waals surface area contributed by atoms with Crippen LogP contribution in [0.15, 0.2) is 41.3 Å². The summed E-state index contributed by atoms with van der Waals surface area (Å²) >= 11 is 0. The minimum absolute atomic E-state index is 0.0116. The number of amides is 1. The number of pyridine rings is 1. The first-order valence-electron chi connectivity index (χ1n) is 9.60. The van der Waals surface area contributed by atoms with Crippen LogP contribution in [0.5, 0.6) is 17.5 Å². The first-order valence-corrected chi connectivity index (χ1v) is 11.6. The Bertz CT molecular complexity index is 1360. The number of nitrogens with one attached hydrogen (secondary N) is 2. The van der Waals surface area contributed by atoms with E-state index in [4.69, 9.17) is 14.3 Å². The maximum absolute atomic E-state index is 13.5. The summed E-state index contributed by atoms with van der Waals surface area (Å²) in [4.78, 5) is 17.4. The predicted octanol–water partition coefficient (Wildman–Crippen LogP) is 4.60. The normalized spacial score (nSPS) is 13.1. The average molecular weight is 495 g/mol. The lowest BCUT2D eigenvalue weighted by atomic mass is 10.1. The zero-order valence-corrected chi connectivity index (χ0v) is 19.3. The van der Waals surface area contributed by atoms with Crippen LogP contribution in [0.3, 0.4) is 0 Å². The van der Waals surface area contributed by atoms with Crippen LogP contribution < -0.4 is 14.8 Å². The number of aryl methyl sites for hydroxylation is 1. The smallest absolute Gasteiger partial charge is 0.435 e. The first kappa shape index (κ1) is 24.9. The second kappa shape index (κ2) is 9.25. The molecule has 1 atom stereocenters. The number of carbonyl (C=O) groups excluding carboxylic acids is 1. The van der Waals surface area contributed by atoms with Gasteiger partial charge in [-0.05, 0) is 49.7 Å². The van der Waals surface area contributed by atoms with Gasteiger partial charge in [0.2, 0.25) is 0 Å². The van der Waals surface area contributed by atoms with Gasteiger partial charge in [0.25, 0.3) is 17.7 Å². The first-order chi connectivity index (χ1) is 15.8. The van der Waals surface area contributed by atoms with Gasteiger partial charge in [0.05, 0.1) is 16.8 Å². The maximum Gasteiger partial charge on any atom is 0.435 e. The summed E-state index contributed by atoms with van der Waals surface area (Å²) in [7, 11) is -1.76. The van der Waals surface area contributed by atoms with Crippen molar-refractivity contribution in [3.05, 3.63) is 58.9 Å². The molecule has 2 heterocycles. The van der Waals surface area contributed by atoms with Crippen LogP contribution in [-0.2, 0) is 15.9 Å². The fourth-order valence-electron chi connectivity index (χ4n) is 2.97. The number of methoxy groups -OCH3 is 1. The number of aromatic nitrogens is 3. The monoisotopic (exact) mass is 495 g/mol. The predicted molar refractivity (Wildman–Crippen MR) is 117 cm³/mol.